The third-order valence-corrected chi connectivity index (χ3v) is 0.535. The summed E-state index contributed by atoms with van der Waals surface area (Å²) in [5.74, 6) is 0. The van der Waals surface area contributed by atoms with E-state index in [-0.39, 0.29) is 0 Å². The van der Waals surface area contributed by atoms with Crippen LogP contribution in [0.15, 0.2) is 12.4 Å². The third-order valence-electron chi connectivity index (χ3n) is 0.535. The molecule has 0 aliphatic heterocycles. The molecule has 0 saturated heterocycles. The first kappa shape index (κ1) is 3.91. The van der Waals surface area contributed by atoms with E-state index in [0.29, 0.717) is 9.69 Å². The van der Waals surface area contributed by atoms with E-state index in [1.165, 1.54) is 0 Å². The molecular formula is C2H3N3O2. The first-order chi connectivity index (χ1) is 3.29. The van der Waals surface area contributed by atoms with Crippen molar-refractivity contribution >= 4 is 0 Å². The molecule has 0 aliphatic carbocycles. The zero-order valence-corrected chi connectivity index (χ0v) is 3.37. The molecule has 1 aromatic heterocycles. The van der Waals surface area contributed by atoms with Crippen molar-refractivity contribution in [3.05, 3.63) is 22.8 Å². The minimum absolute atomic E-state index is 0.312. The van der Waals surface area contributed by atoms with Gasteiger partial charge in [0.05, 0.1) is 5.21 Å². The van der Waals surface area contributed by atoms with Crippen molar-refractivity contribution in [2.24, 2.45) is 0 Å². The molecule has 1 heterocycles. The molecule has 0 aliphatic rings. The first-order valence-corrected chi connectivity index (χ1v) is 1.66. The molecule has 1 N–H and O–H groups in total. The van der Waals surface area contributed by atoms with Crippen LogP contribution in [0.4, 0.5) is 0 Å². The van der Waals surface area contributed by atoms with E-state index in [1.807, 2.05) is 5.21 Å². The monoisotopic (exact) mass is 101 g/mol. The fourth-order valence-electron chi connectivity index (χ4n) is 0.285. The van der Waals surface area contributed by atoms with Gasteiger partial charge in [-0.2, -0.15) is 0 Å². The fraction of sp³-hybridized carbons (Fsp3) is 0. The van der Waals surface area contributed by atoms with Crippen molar-refractivity contribution in [2.75, 3.05) is 0 Å². The van der Waals surface area contributed by atoms with Gasteiger partial charge in [-0.25, -0.2) is 0 Å². The number of hydrogen-bond acceptors (Lipinski definition) is 2. The largest absolute Gasteiger partial charge is 0.592 e. The Morgan fingerprint density at radius 2 is 1.57 bits per heavy atom. The van der Waals surface area contributed by atoms with Gasteiger partial charge in [-0.05, 0) is 9.69 Å². The van der Waals surface area contributed by atoms with Gasteiger partial charge in [-0.1, -0.05) is 0 Å². The molecule has 0 unspecified atom stereocenters. The lowest BCUT2D eigenvalue weighted by molar-refractivity contribution is -0.814. The summed E-state index contributed by atoms with van der Waals surface area (Å²) < 4.78 is 0. The number of nitrogens with zero attached hydrogens (tertiary/aromatic N) is 2. The minimum atomic E-state index is 0.312. The molecule has 0 fully saturated rings. The Morgan fingerprint density at radius 3 is 1.71 bits per heavy atom. The van der Waals surface area contributed by atoms with Crippen LogP contribution < -0.4 is 9.69 Å². The Labute approximate surface area is 38.9 Å². The summed E-state index contributed by atoms with van der Waals surface area (Å²) in [6, 6.07) is 0. The Morgan fingerprint density at radius 1 is 1.14 bits per heavy atom. The molecule has 1 rings (SSSR count). The smallest absolute Gasteiger partial charge is 0.279 e. The highest BCUT2D eigenvalue weighted by Crippen LogP contribution is 1.52. The topological polar surface area (TPSA) is 69.7 Å². The van der Waals surface area contributed by atoms with Crippen LogP contribution in [0.5, 0.6) is 0 Å². The van der Waals surface area contributed by atoms with Crippen molar-refractivity contribution in [3.63, 3.8) is 0 Å². The average Bonchev–Trinajstić information content (AvgIpc) is 1.87. The number of H-pyrrole nitrogens is 1. The predicted molar refractivity (Wildman–Crippen MR) is 18.7 cm³/mol. The van der Waals surface area contributed by atoms with Crippen molar-refractivity contribution < 1.29 is 9.69 Å². The number of rotatable bonds is 0. The molecule has 0 atom stereocenters. The van der Waals surface area contributed by atoms with Gasteiger partial charge >= 0.3 is 0 Å². The van der Waals surface area contributed by atoms with Gasteiger partial charge in [0.15, 0.2) is 0 Å². The van der Waals surface area contributed by atoms with Crippen molar-refractivity contribution in [1.82, 2.24) is 5.21 Å². The fourth-order valence-corrected chi connectivity index (χ4v) is 0.285. The molecule has 38 valence electrons. The van der Waals surface area contributed by atoms with E-state index in [0.717, 1.165) is 12.4 Å². The van der Waals surface area contributed by atoms with Gasteiger partial charge < -0.3 is 10.4 Å². The van der Waals surface area contributed by atoms with E-state index >= 15 is 0 Å². The van der Waals surface area contributed by atoms with Crippen molar-refractivity contribution in [3.8, 4) is 0 Å². The molecule has 7 heavy (non-hydrogen) atoms. The van der Waals surface area contributed by atoms with Crippen LogP contribution in [0.1, 0.15) is 0 Å². The Balaban J connectivity index is 3.04. The predicted octanol–water partition coefficient (Wildman–Crippen LogP) is -1.72. The highest BCUT2D eigenvalue weighted by molar-refractivity contribution is 4.40. The van der Waals surface area contributed by atoms with Crippen LogP contribution in [0.25, 0.3) is 0 Å². The van der Waals surface area contributed by atoms with Gasteiger partial charge in [0.2, 0.25) is 0 Å². The number of hydrogen-bond donors (Lipinski definition) is 1. The van der Waals surface area contributed by atoms with Crippen LogP contribution in [0.2, 0.25) is 0 Å². The van der Waals surface area contributed by atoms with E-state index in [9.17, 15) is 10.4 Å². The molecule has 0 amide bonds. The van der Waals surface area contributed by atoms with Crippen molar-refractivity contribution in [2.45, 2.75) is 0 Å². The van der Waals surface area contributed by atoms with Crippen LogP contribution in [0, 0.1) is 10.4 Å². The van der Waals surface area contributed by atoms with E-state index < -0.39 is 0 Å². The van der Waals surface area contributed by atoms with E-state index in [1.54, 1.807) is 0 Å². The molecule has 5 nitrogen and oxygen atoms in total. The second kappa shape index (κ2) is 1.11. The first-order valence-electron chi connectivity index (χ1n) is 1.66. The Hall–Kier alpha value is -1.26. The summed E-state index contributed by atoms with van der Waals surface area (Å²) in [4.78, 5) is 0.625. The summed E-state index contributed by atoms with van der Waals surface area (Å²) in [6.07, 6.45) is 2.15. The van der Waals surface area contributed by atoms with Gasteiger partial charge in [0.25, 0.3) is 12.4 Å². The summed E-state index contributed by atoms with van der Waals surface area (Å²) in [5, 5.41) is 21.7. The Bertz CT molecular complexity index is 143. The zero-order valence-electron chi connectivity index (χ0n) is 3.37. The number of nitrogens with one attached hydrogen (secondary N) is 1. The van der Waals surface area contributed by atoms with Gasteiger partial charge in [-0.15, -0.1) is 0 Å². The number of aromatic nitrogens is 3. The second-order valence-corrected chi connectivity index (χ2v) is 1.05. The molecule has 5 heteroatoms. The molecule has 0 radical (unpaired) electrons. The second-order valence-electron chi connectivity index (χ2n) is 1.05. The maximum Gasteiger partial charge on any atom is 0.279 e. The third kappa shape index (κ3) is 0.594. The standard InChI is InChI=1S/C2H3N3O2/c6-4-1-2-5(7)3-4/h1-3H. The lowest BCUT2D eigenvalue weighted by Gasteiger charge is -1.80. The van der Waals surface area contributed by atoms with E-state index in [4.69, 9.17) is 0 Å². The summed E-state index contributed by atoms with van der Waals surface area (Å²) in [7, 11) is 0. The van der Waals surface area contributed by atoms with Gasteiger partial charge in [0.1, 0.15) is 0 Å². The molecule has 0 aromatic carbocycles. The molecule has 1 aromatic rings. The lowest BCUT2D eigenvalue weighted by atomic mass is 11.0. The Kier molecular flexibility index (Phi) is 0.619. The van der Waals surface area contributed by atoms with Crippen LogP contribution in [-0.4, -0.2) is 5.21 Å². The molecule has 0 spiro atoms. The molecule has 0 saturated carbocycles. The maximum absolute atomic E-state index is 9.93. The number of aromatic amines is 1. The SMILES string of the molecule is [O-][n+]1cc[n+]([O-])[nH]1. The zero-order chi connectivity index (χ0) is 5.28. The average molecular weight is 101 g/mol. The lowest BCUT2D eigenvalue weighted by Crippen LogP contribution is -2.38. The quantitative estimate of drug-likeness (QED) is 0.312. The van der Waals surface area contributed by atoms with E-state index in [2.05, 4.69) is 0 Å². The molecule has 0 bridgehead atoms. The summed E-state index contributed by atoms with van der Waals surface area (Å²) >= 11 is 0. The highest BCUT2D eigenvalue weighted by atomic mass is 16.5. The van der Waals surface area contributed by atoms with Crippen LogP contribution in [-0.2, 0) is 0 Å². The molecular weight excluding hydrogens is 98.0 g/mol. The summed E-state index contributed by atoms with van der Waals surface area (Å²) in [5.41, 5.74) is 0. The van der Waals surface area contributed by atoms with Crippen LogP contribution in [0.3, 0.4) is 0 Å². The van der Waals surface area contributed by atoms with Crippen molar-refractivity contribution in [1.29, 1.82) is 0 Å². The highest BCUT2D eigenvalue weighted by Gasteiger charge is 1.91. The van der Waals surface area contributed by atoms with Gasteiger partial charge in [0, 0.05) is 0 Å². The van der Waals surface area contributed by atoms with Gasteiger partial charge in [-0.3, -0.25) is 0 Å². The maximum atomic E-state index is 9.93. The normalized spacial score (nSPS) is 9.14. The summed E-state index contributed by atoms with van der Waals surface area (Å²) in [6.45, 7) is 0. The minimum Gasteiger partial charge on any atom is -0.592 e. The van der Waals surface area contributed by atoms with Crippen LogP contribution >= 0.6 is 0 Å².